The van der Waals surface area contributed by atoms with E-state index in [2.05, 4.69) is 51.3 Å². The first-order valence-corrected chi connectivity index (χ1v) is 7.79. The molecule has 1 fully saturated rings. The average Bonchev–Trinajstić information content (AvgIpc) is 3.23. The first kappa shape index (κ1) is 14.8. The van der Waals surface area contributed by atoms with E-state index in [4.69, 9.17) is 4.74 Å². The molecule has 19 heavy (non-hydrogen) atoms. The third-order valence-electron chi connectivity index (χ3n) is 3.49. The fraction of sp³-hybridized carbons (Fsp3) is 0.600. The zero-order valence-corrected chi connectivity index (χ0v) is 13.4. The molecule has 0 atom stereocenters. The summed E-state index contributed by atoms with van der Waals surface area (Å²) in [6, 6.07) is 7.29. The van der Waals surface area contributed by atoms with E-state index in [9.17, 15) is 0 Å². The Kier molecular flexibility index (Phi) is 5.67. The van der Waals surface area contributed by atoms with Crippen molar-refractivity contribution in [1.82, 2.24) is 5.32 Å². The van der Waals surface area contributed by atoms with Gasteiger partial charge in [0.05, 0.1) is 6.61 Å². The van der Waals surface area contributed by atoms with Crippen molar-refractivity contribution in [3.05, 3.63) is 28.2 Å². The van der Waals surface area contributed by atoms with Gasteiger partial charge in [0.1, 0.15) is 0 Å². The lowest BCUT2D eigenvalue weighted by Gasteiger charge is -2.26. The van der Waals surface area contributed by atoms with E-state index in [0.717, 1.165) is 36.8 Å². The van der Waals surface area contributed by atoms with Crippen LogP contribution in [0.2, 0.25) is 0 Å². The van der Waals surface area contributed by atoms with Gasteiger partial charge in [-0.3, -0.25) is 0 Å². The maximum Gasteiger partial charge on any atom is 0.0637 e. The Morgan fingerprint density at radius 3 is 2.84 bits per heavy atom. The molecule has 0 heterocycles. The lowest BCUT2D eigenvalue weighted by atomic mass is 10.1. The van der Waals surface area contributed by atoms with Crippen molar-refractivity contribution in [3.63, 3.8) is 0 Å². The van der Waals surface area contributed by atoms with E-state index in [1.807, 2.05) is 0 Å². The Morgan fingerprint density at radius 1 is 1.42 bits per heavy atom. The summed E-state index contributed by atoms with van der Waals surface area (Å²) in [5, 5.41) is 3.59. The molecule has 0 saturated heterocycles. The second-order valence-corrected chi connectivity index (χ2v) is 5.92. The molecule has 0 aliphatic heterocycles. The van der Waals surface area contributed by atoms with Gasteiger partial charge in [0.25, 0.3) is 0 Å². The molecule has 0 radical (unpaired) electrons. The van der Waals surface area contributed by atoms with Gasteiger partial charge in [-0.25, -0.2) is 0 Å². The summed E-state index contributed by atoms with van der Waals surface area (Å²) in [5.41, 5.74) is 2.68. The molecule has 3 nitrogen and oxygen atoms in total. The average molecular weight is 327 g/mol. The van der Waals surface area contributed by atoms with Crippen LogP contribution in [0.1, 0.15) is 25.3 Å². The number of likely N-dealkylation sites (N-methyl/N-ethyl adjacent to an activating group) is 1. The number of methoxy groups -OCH3 is 1. The number of nitrogens with zero attached hydrogens (tertiary/aromatic N) is 1. The van der Waals surface area contributed by atoms with E-state index < -0.39 is 0 Å². The Balaban J connectivity index is 2.10. The molecule has 1 aliphatic carbocycles. The molecule has 1 aromatic rings. The minimum Gasteiger partial charge on any atom is -0.383 e. The quantitative estimate of drug-likeness (QED) is 0.794. The number of benzene rings is 1. The van der Waals surface area contributed by atoms with E-state index >= 15 is 0 Å². The Bertz CT molecular complexity index is 407. The molecule has 106 valence electrons. The number of hydrogen-bond acceptors (Lipinski definition) is 3. The van der Waals surface area contributed by atoms with Gasteiger partial charge in [-0.15, -0.1) is 0 Å². The Morgan fingerprint density at radius 2 is 2.21 bits per heavy atom. The summed E-state index contributed by atoms with van der Waals surface area (Å²) in [6.07, 6.45) is 2.65. The van der Waals surface area contributed by atoms with E-state index in [1.54, 1.807) is 7.11 Å². The Hall–Kier alpha value is -0.580. The monoisotopic (exact) mass is 326 g/mol. The first-order valence-electron chi connectivity index (χ1n) is 7.00. The summed E-state index contributed by atoms with van der Waals surface area (Å²) in [4.78, 5) is 2.37. The minimum absolute atomic E-state index is 0.741. The number of anilines is 1. The van der Waals surface area contributed by atoms with Crippen LogP contribution in [0.4, 0.5) is 5.69 Å². The topological polar surface area (TPSA) is 24.5 Å². The van der Waals surface area contributed by atoms with Crippen molar-refractivity contribution in [1.29, 1.82) is 0 Å². The maximum absolute atomic E-state index is 5.20. The van der Waals surface area contributed by atoms with Crippen LogP contribution in [0.25, 0.3) is 0 Å². The van der Waals surface area contributed by atoms with Crippen LogP contribution in [-0.2, 0) is 11.3 Å². The number of ether oxygens (including phenoxy) is 1. The van der Waals surface area contributed by atoms with Gasteiger partial charge in [0.15, 0.2) is 0 Å². The van der Waals surface area contributed by atoms with Gasteiger partial charge in [-0.05, 0) is 37.5 Å². The molecule has 1 saturated carbocycles. The highest BCUT2D eigenvalue weighted by atomic mass is 79.9. The van der Waals surface area contributed by atoms with Gasteiger partial charge in [-0.1, -0.05) is 22.0 Å². The van der Waals surface area contributed by atoms with Crippen LogP contribution in [0.5, 0.6) is 0 Å². The third kappa shape index (κ3) is 4.48. The number of hydrogen-bond donors (Lipinski definition) is 1. The molecular formula is C15H23BrN2O. The smallest absolute Gasteiger partial charge is 0.0637 e. The van der Waals surface area contributed by atoms with E-state index in [1.165, 1.54) is 24.1 Å². The largest absolute Gasteiger partial charge is 0.383 e. The van der Waals surface area contributed by atoms with Gasteiger partial charge in [-0.2, -0.15) is 0 Å². The molecule has 0 amide bonds. The molecule has 0 spiro atoms. The number of nitrogens with one attached hydrogen (secondary N) is 1. The highest BCUT2D eigenvalue weighted by Gasteiger charge is 2.21. The van der Waals surface area contributed by atoms with Crippen molar-refractivity contribution < 1.29 is 4.74 Å². The molecule has 0 aromatic heterocycles. The van der Waals surface area contributed by atoms with Crippen LogP contribution >= 0.6 is 15.9 Å². The van der Waals surface area contributed by atoms with Gasteiger partial charge < -0.3 is 15.0 Å². The van der Waals surface area contributed by atoms with Crippen molar-refractivity contribution in [2.24, 2.45) is 0 Å². The molecule has 1 N–H and O–H groups in total. The Labute approximate surface area is 124 Å². The minimum atomic E-state index is 0.741. The van der Waals surface area contributed by atoms with Crippen LogP contribution in [0.3, 0.4) is 0 Å². The normalized spacial score (nSPS) is 14.7. The first-order chi connectivity index (χ1) is 9.24. The standard InChI is InChI=1S/C15H23BrN2O/c1-3-18(8-9-19-2)15-10-13(16)5-4-12(15)11-17-14-6-7-14/h4-5,10,14,17H,3,6-9,11H2,1-2H3. The zero-order valence-electron chi connectivity index (χ0n) is 11.8. The maximum atomic E-state index is 5.20. The van der Waals surface area contributed by atoms with Crippen molar-refractivity contribution in [3.8, 4) is 0 Å². The van der Waals surface area contributed by atoms with Crippen LogP contribution < -0.4 is 10.2 Å². The molecule has 0 bridgehead atoms. The predicted molar refractivity (Wildman–Crippen MR) is 83.8 cm³/mol. The predicted octanol–water partition coefficient (Wildman–Crippen LogP) is 3.17. The van der Waals surface area contributed by atoms with Gasteiger partial charge in [0.2, 0.25) is 0 Å². The van der Waals surface area contributed by atoms with Crippen LogP contribution in [0, 0.1) is 0 Å². The number of rotatable bonds is 8. The molecule has 1 aliphatic rings. The molecule has 2 rings (SSSR count). The second kappa shape index (κ2) is 7.27. The third-order valence-corrected chi connectivity index (χ3v) is 3.99. The van der Waals surface area contributed by atoms with Crippen molar-refractivity contribution >= 4 is 21.6 Å². The lowest BCUT2D eigenvalue weighted by Crippen LogP contribution is -2.28. The van der Waals surface area contributed by atoms with Gasteiger partial charge in [0, 0.05) is 42.9 Å². The summed E-state index contributed by atoms with van der Waals surface area (Å²) in [7, 11) is 1.75. The summed E-state index contributed by atoms with van der Waals surface area (Å²) in [5.74, 6) is 0. The SMILES string of the molecule is CCN(CCOC)c1cc(Br)ccc1CNC1CC1. The molecular weight excluding hydrogens is 304 g/mol. The summed E-state index contributed by atoms with van der Waals surface area (Å²) in [6.45, 7) is 5.83. The zero-order chi connectivity index (χ0) is 13.7. The molecule has 4 heteroatoms. The fourth-order valence-corrected chi connectivity index (χ4v) is 2.52. The van der Waals surface area contributed by atoms with Gasteiger partial charge >= 0.3 is 0 Å². The lowest BCUT2D eigenvalue weighted by molar-refractivity contribution is 0.205. The van der Waals surface area contributed by atoms with Crippen molar-refractivity contribution in [2.45, 2.75) is 32.4 Å². The highest BCUT2D eigenvalue weighted by molar-refractivity contribution is 9.10. The van der Waals surface area contributed by atoms with E-state index in [-0.39, 0.29) is 0 Å². The van der Waals surface area contributed by atoms with Crippen LogP contribution in [-0.4, -0.2) is 32.8 Å². The van der Waals surface area contributed by atoms with E-state index in [0.29, 0.717) is 0 Å². The second-order valence-electron chi connectivity index (χ2n) is 5.00. The summed E-state index contributed by atoms with van der Waals surface area (Å²) < 4.78 is 6.34. The highest BCUT2D eigenvalue weighted by Crippen LogP contribution is 2.27. The number of halogens is 1. The molecule has 0 unspecified atom stereocenters. The fourth-order valence-electron chi connectivity index (χ4n) is 2.17. The summed E-state index contributed by atoms with van der Waals surface area (Å²) >= 11 is 3.58. The molecule has 1 aromatic carbocycles. The van der Waals surface area contributed by atoms with Crippen molar-refractivity contribution in [2.75, 3.05) is 31.7 Å². The van der Waals surface area contributed by atoms with Crippen LogP contribution in [0.15, 0.2) is 22.7 Å².